The lowest BCUT2D eigenvalue weighted by atomic mass is 9.96. The Morgan fingerprint density at radius 3 is 2.35 bits per heavy atom. The summed E-state index contributed by atoms with van der Waals surface area (Å²) in [4.78, 5) is 0. The average molecular weight is 357 g/mol. The molecular formula is C22H22F3N. The molecule has 0 aromatic heterocycles. The zero-order valence-electron chi connectivity index (χ0n) is 14.8. The molecule has 1 N–H and O–H groups in total. The van der Waals surface area contributed by atoms with Crippen LogP contribution >= 0.6 is 0 Å². The van der Waals surface area contributed by atoms with Gasteiger partial charge in [-0.3, -0.25) is 0 Å². The van der Waals surface area contributed by atoms with Crippen LogP contribution < -0.4 is 5.32 Å². The summed E-state index contributed by atoms with van der Waals surface area (Å²) >= 11 is 0. The van der Waals surface area contributed by atoms with Crippen LogP contribution in [-0.2, 0) is 6.18 Å². The monoisotopic (exact) mass is 357 g/mol. The van der Waals surface area contributed by atoms with Crippen LogP contribution in [-0.4, -0.2) is 6.54 Å². The lowest BCUT2D eigenvalue weighted by molar-refractivity contribution is -0.137. The Labute approximate surface area is 151 Å². The maximum Gasteiger partial charge on any atom is 0.416 e. The van der Waals surface area contributed by atoms with Crippen LogP contribution in [0.1, 0.15) is 42.5 Å². The first-order valence-corrected chi connectivity index (χ1v) is 8.74. The highest BCUT2D eigenvalue weighted by molar-refractivity contribution is 5.86. The smallest absolute Gasteiger partial charge is 0.310 e. The molecule has 0 radical (unpaired) electrons. The van der Waals surface area contributed by atoms with Gasteiger partial charge in [-0.15, -0.1) is 0 Å². The first kappa shape index (κ1) is 18.5. The van der Waals surface area contributed by atoms with Gasteiger partial charge in [-0.05, 0) is 40.8 Å². The van der Waals surface area contributed by atoms with Crippen LogP contribution in [0.5, 0.6) is 0 Å². The third-order valence-electron chi connectivity index (χ3n) is 4.80. The molecule has 0 heterocycles. The van der Waals surface area contributed by atoms with E-state index >= 15 is 0 Å². The predicted octanol–water partition coefficient (Wildman–Crippen LogP) is 6.31. The maximum atomic E-state index is 12.9. The van der Waals surface area contributed by atoms with Crippen molar-refractivity contribution >= 4 is 10.8 Å². The molecule has 0 aliphatic rings. The van der Waals surface area contributed by atoms with Gasteiger partial charge >= 0.3 is 6.18 Å². The van der Waals surface area contributed by atoms with Gasteiger partial charge in [0.25, 0.3) is 0 Å². The van der Waals surface area contributed by atoms with E-state index in [9.17, 15) is 13.2 Å². The molecule has 4 heteroatoms. The molecule has 0 saturated heterocycles. The Morgan fingerprint density at radius 1 is 0.885 bits per heavy atom. The molecule has 26 heavy (non-hydrogen) atoms. The SMILES string of the molecule is C[C@@H](CN[C@H](C)c1cccc2ccccc12)c1cccc(C(F)(F)F)c1. The predicted molar refractivity (Wildman–Crippen MR) is 100 cm³/mol. The number of fused-ring (bicyclic) bond motifs is 1. The molecule has 2 atom stereocenters. The van der Waals surface area contributed by atoms with Crippen LogP contribution in [0.2, 0.25) is 0 Å². The highest BCUT2D eigenvalue weighted by Crippen LogP contribution is 2.31. The van der Waals surface area contributed by atoms with Gasteiger partial charge in [0.2, 0.25) is 0 Å². The standard InChI is InChI=1S/C22H22F3N/c1-15(18-9-5-10-19(13-18)22(23,24)25)14-26-16(2)20-12-6-8-17-7-3-4-11-21(17)20/h3-13,15-16,26H,14H2,1-2H3/t15-,16+/m0/s1. The van der Waals surface area contributed by atoms with Crippen LogP contribution in [0.15, 0.2) is 66.7 Å². The molecule has 0 fully saturated rings. The van der Waals surface area contributed by atoms with E-state index in [2.05, 4.69) is 36.5 Å². The van der Waals surface area contributed by atoms with Gasteiger partial charge in [-0.1, -0.05) is 67.6 Å². The summed E-state index contributed by atoms with van der Waals surface area (Å²) in [5, 5.41) is 5.85. The molecule has 136 valence electrons. The summed E-state index contributed by atoms with van der Waals surface area (Å²) < 4.78 is 38.7. The fourth-order valence-electron chi connectivity index (χ4n) is 3.23. The molecular weight excluding hydrogens is 335 g/mol. The largest absolute Gasteiger partial charge is 0.416 e. The minimum absolute atomic E-state index is 0.0188. The number of alkyl halides is 3. The van der Waals surface area contributed by atoms with Crippen molar-refractivity contribution in [2.24, 2.45) is 0 Å². The first-order chi connectivity index (χ1) is 12.4. The Bertz CT molecular complexity index is 880. The normalized spacial score (nSPS) is 14.3. The molecule has 3 aromatic rings. The van der Waals surface area contributed by atoms with E-state index in [1.807, 2.05) is 25.1 Å². The molecule has 0 spiro atoms. The second-order valence-corrected chi connectivity index (χ2v) is 6.72. The third kappa shape index (κ3) is 4.07. The fourth-order valence-corrected chi connectivity index (χ4v) is 3.23. The number of rotatable bonds is 5. The summed E-state index contributed by atoms with van der Waals surface area (Å²) in [6.07, 6.45) is -4.31. The first-order valence-electron chi connectivity index (χ1n) is 8.74. The van der Waals surface area contributed by atoms with Crippen LogP contribution in [0.25, 0.3) is 10.8 Å². The second kappa shape index (κ2) is 7.50. The van der Waals surface area contributed by atoms with Crippen molar-refractivity contribution in [3.05, 3.63) is 83.4 Å². The van der Waals surface area contributed by atoms with Crippen molar-refractivity contribution in [1.82, 2.24) is 5.32 Å². The van der Waals surface area contributed by atoms with Crippen LogP contribution in [0, 0.1) is 0 Å². The zero-order valence-corrected chi connectivity index (χ0v) is 14.8. The van der Waals surface area contributed by atoms with Gasteiger partial charge in [0.05, 0.1) is 5.56 Å². The molecule has 3 aromatic carbocycles. The van der Waals surface area contributed by atoms with Crippen molar-refractivity contribution in [3.8, 4) is 0 Å². The van der Waals surface area contributed by atoms with E-state index in [0.717, 1.165) is 6.07 Å². The molecule has 0 saturated carbocycles. The zero-order chi connectivity index (χ0) is 18.7. The van der Waals surface area contributed by atoms with Gasteiger partial charge in [0.15, 0.2) is 0 Å². The van der Waals surface area contributed by atoms with Gasteiger partial charge in [-0.25, -0.2) is 0 Å². The molecule has 0 aliphatic carbocycles. The van der Waals surface area contributed by atoms with E-state index in [1.165, 1.54) is 28.5 Å². The molecule has 0 unspecified atom stereocenters. The lowest BCUT2D eigenvalue weighted by Crippen LogP contribution is -2.24. The van der Waals surface area contributed by atoms with Crippen molar-refractivity contribution < 1.29 is 13.2 Å². The maximum absolute atomic E-state index is 12.9. The molecule has 0 amide bonds. The van der Waals surface area contributed by atoms with E-state index in [4.69, 9.17) is 0 Å². The van der Waals surface area contributed by atoms with Crippen molar-refractivity contribution in [3.63, 3.8) is 0 Å². The van der Waals surface area contributed by atoms with Gasteiger partial charge in [0, 0.05) is 12.6 Å². The Morgan fingerprint density at radius 2 is 1.58 bits per heavy atom. The summed E-state index contributed by atoms with van der Waals surface area (Å²) in [5.74, 6) is -0.0188. The number of nitrogens with one attached hydrogen (secondary N) is 1. The van der Waals surface area contributed by atoms with Crippen molar-refractivity contribution in [1.29, 1.82) is 0 Å². The fraction of sp³-hybridized carbons (Fsp3) is 0.273. The van der Waals surface area contributed by atoms with E-state index < -0.39 is 11.7 Å². The highest BCUT2D eigenvalue weighted by atomic mass is 19.4. The minimum Gasteiger partial charge on any atom is -0.310 e. The topological polar surface area (TPSA) is 12.0 Å². The third-order valence-corrected chi connectivity index (χ3v) is 4.80. The van der Waals surface area contributed by atoms with E-state index in [1.54, 1.807) is 6.07 Å². The highest BCUT2D eigenvalue weighted by Gasteiger charge is 2.30. The molecule has 0 aliphatic heterocycles. The lowest BCUT2D eigenvalue weighted by Gasteiger charge is -2.20. The number of benzene rings is 3. The second-order valence-electron chi connectivity index (χ2n) is 6.72. The van der Waals surface area contributed by atoms with E-state index in [0.29, 0.717) is 12.1 Å². The van der Waals surface area contributed by atoms with Crippen LogP contribution in [0.4, 0.5) is 13.2 Å². The molecule has 1 nitrogen and oxygen atoms in total. The number of hydrogen-bond acceptors (Lipinski definition) is 1. The number of hydrogen-bond donors (Lipinski definition) is 1. The molecule has 0 bridgehead atoms. The van der Waals surface area contributed by atoms with E-state index in [-0.39, 0.29) is 12.0 Å². The average Bonchev–Trinajstić information content (AvgIpc) is 2.64. The summed E-state index contributed by atoms with van der Waals surface area (Å²) in [7, 11) is 0. The molecule has 3 rings (SSSR count). The Hall–Kier alpha value is -2.33. The summed E-state index contributed by atoms with van der Waals surface area (Å²) in [5.41, 5.74) is 1.29. The quantitative estimate of drug-likeness (QED) is 0.564. The minimum atomic E-state index is -4.31. The summed E-state index contributed by atoms with van der Waals surface area (Å²) in [6, 6.07) is 20.1. The Balaban J connectivity index is 1.72. The number of halogens is 3. The van der Waals surface area contributed by atoms with Gasteiger partial charge in [0.1, 0.15) is 0 Å². The van der Waals surface area contributed by atoms with Crippen LogP contribution in [0.3, 0.4) is 0 Å². The van der Waals surface area contributed by atoms with Gasteiger partial charge in [-0.2, -0.15) is 13.2 Å². The van der Waals surface area contributed by atoms with Crippen molar-refractivity contribution in [2.75, 3.05) is 6.54 Å². The summed E-state index contributed by atoms with van der Waals surface area (Å²) in [6.45, 7) is 4.63. The Kier molecular flexibility index (Phi) is 5.33. The van der Waals surface area contributed by atoms with Crippen molar-refractivity contribution in [2.45, 2.75) is 32.0 Å². The van der Waals surface area contributed by atoms with Gasteiger partial charge < -0.3 is 5.32 Å².